The van der Waals surface area contributed by atoms with Crippen molar-refractivity contribution in [2.45, 2.75) is 13.0 Å². The summed E-state index contributed by atoms with van der Waals surface area (Å²) < 4.78 is 16.5. The number of para-hydroxylation sites is 2. The summed E-state index contributed by atoms with van der Waals surface area (Å²) in [6, 6.07) is 23.4. The van der Waals surface area contributed by atoms with Gasteiger partial charge in [-0.25, -0.2) is 9.07 Å². The first-order valence-corrected chi connectivity index (χ1v) is 11.1. The van der Waals surface area contributed by atoms with Gasteiger partial charge in [-0.2, -0.15) is 5.10 Å². The fourth-order valence-corrected chi connectivity index (χ4v) is 4.14. The number of aromatic nitrogens is 2. The van der Waals surface area contributed by atoms with Gasteiger partial charge in [-0.3, -0.25) is 9.59 Å². The molecule has 1 aromatic heterocycles. The molecule has 5 rings (SSSR count). The third-order valence-electron chi connectivity index (χ3n) is 5.78. The third kappa shape index (κ3) is 4.29. The molecule has 0 bridgehead atoms. The summed E-state index contributed by atoms with van der Waals surface area (Å²) in [4.78, 5) is 26.5. The standard InChI is InChI=1S/C27H22FN5O2/c1-17-23(27(35)32-19-12-6-3-7-13-19)24(20-14-8-9-15-22(20)28)33-25(30-17)21(16-29-33)26(34)31-18-10-4-2-5-11-18/h2-16,24,30H,1H3,(H,31,34)(H,32,35). The second kappa shape index (κ2) is 9.26. The summed E-state index contributed by atoms with van der Waals surface area (Å²) in [6.07, 6.45) is 1.42. The van der Waals surface area contributed by atoms with Gasteiger partial charge in [0.05, 0.1) is 11.8 Å². The number of nitrogens with one attached hydrogen (secondary N) is 3. The first-order chi connectivity index (χ1) is 17.0. The Bertz CT molecular complexity index is 1430. The highest BCUT2D eigenvalue weighted by Gasteiger charge is 2.36. The Kier molecular flexibility index (Phi) is 5.85. The molecular weight excluding hydrogens is 445 g/mol. The third-order valence-corrected chi connectivity index (χ3v) is 5.78. The Labute approximate surface area is 201 Å². The number of benzene rings is 3. The van der Waals surface area contributed by atoms with Crippen LogP contribution in [0.2, 0.25) is 0 Å². The molecule has 0 radical (unpaired) electrons. The van der Waals surface area contributed by atoms with Crippen molar-refractivity contribution < 1.29 is 14.0 Å². The van der Waals surface area contributed by atoms with Crippen LogP contribution in [0, 0.1) is 5.82 Å². The average molecular weight is 468 g/mol. The molecule has 1 atom stereocenters. The summed E-state index contributed by atoms with van der Waals surface area (Å²) in [5, 5.41) is 13.3. The van der Waals surface area contributed by atoms with Crippen LogP contribution < -0.4 is 16.0 Å². The maximum absolute atomic E-state index is 15.0. The minimum Gasteiger partial charge on any atom is -0.343 e. The van der Waals surface area contributed by atoms with Crippen molar-refractivity contribution in [1.29, 1.82) is 0 Å². The zero-order valence-corrected chi connectivity index (χ0v) is 18.8. The van der Waals surface area contributed by atoms with E-state index in [9.17, 15) is 9.59 Å². The summed E-state index contributed by atoms with van der Waals surface area (Å²) in [6.45, 7) is 1.73. The maximum Gasteiger partial charge on any atom is 0.261 e. The average Bonchev–Trinajstić information content (AvgIpc) is 3.28. The summed E-state index contributed by atoms with van der Waals surface area (Å²) in [7, 11) is 0. The van der Waals surface area contributed by atoms with Crippen LogP contribution in [-0.4, -0.2) is 21.6 Å². The molecule has 174 valence electrons. The van der Waals surface area contributed by atoms with Crippen molar-refractivity contribution in [3.63, 3.8) is 0 Å². The number of halogens is 1. The number of anilines is 3. The number of hydrogen-bond acceptors (Lipinski definition) is 4. The number of carbonyl (C=O) groups is 2. The fraction of sp³-hybridized carbons (Fsp3) is 0.0741. The van der Waals surface area contributed by atoms with Crippen molar-refractivity contribution in [1.82, 2.24) is 9.78 Å². The van der Waals surface area contributed by atoms with Crippen LogP contribution in [0.4, 0.5) is 21.6 Å². The van der Waals surface area contributed by atoms with Gasteiger partial charge in [0, 0.05) is 22.6 Å². The minimum absolute atomic E-state index is 0.269. The van der Waals surface area contributed by atoms with Crippen LogP contribution >= 0.6 is 0 Å². The van der Waals surface area contributed by atoms with Crippen LogP contribution in [0.5, 0.6) is 0 Å². The monoisotopic (exact) mass is 467 g/mol. The highest BCUT2D eigenvalue weighted by atomic mass is 19.1. The summed E-state index contributed by atoms with van der Waals surface area (Å²) >= 11 is 0. The lowest BCUT2D eigenvalue weighted by Crippen LogP contribution is -2.32. The second-order valence-corrected chi connectivity index (χ2v) is 8.08. The predicted molar refractivity (Wildman–Crippen MR) is 133 cm³/mol. The number of allylic oxidation sites excluding steroid dienone is 1. The zero-order chi connectivity index (χ0) is 24.4. The van der Waals surface area contributed by atoms with E-state index in [1.165, 1.54) is 16.9 Å². The molecule has 3 aromatic carbocycles. The first kappa shape index (κ1) is 22.1. The van der Waals surface area contributed by atoms with Gasteiger partial charge in [0.25, 0.3) is 11.8 Å². The minimum atomic E-state index is -0.880. The number of fused-ring (bicyclic) bond motifs is 1. The molecule has 0 aliphatic carbocycles. The molecule has 2 amide bonds. The molecule has 35 heavy (non-hydrogen) atoms. The second-order valence-electron chi connectivity index (χ2n) is 8.08. The number of nitrogens with zero attached hydrogens (tertiary/aromatic N) is 2. The SMILES string of the molecule is CC1=C(C(=O)Nc2ccccc2)C(c2ccccc2F)n2ncc(C(=O)Nc3ccccc3)c2N1. The van der Waals surface area contributed by atoms with E-state index in [0.29, 0.717) is 28.5 Å². The van der Waals surface area contributed by atoms with Gasteiger partial charge in [-0.1, -0.05) is 54.6 Å². The number of hydrogen-bond donors (Lipinski definition) is 3. The Morgan fingerprint density at radius 2 is 1.43 bits per heavy atom. The van der Waals surface area contributed by atoms with E-state index in [1.807, 2.05) is 36.4 Å². The van der Waals surface area contributed by atoms with E-state index in [1.54, 1.807) is 49.4 Å². The fourth-order valence-electron chi connectivity index (χ4n) is 4.14. The van der Waals surface area contributed by atoms with Crippen molar-refractivity contribution in [2.75, 3.05) is 16.0 Å². The van der Waals surface area contributed by atoms with Crippen LogP contribution in [0.25, 0.3) is 0 Å². The molecule has 3 N–H and O–H groups in total. The molecule has 4 aromatic rings. The molecule has 8 heteroatoms. The van der Waals surface area contributed by atoms with Gasteiger partial charge >= 0.3 is 0 Å². The topological polar surface area (TPSA) is 88.0 Å². The number of carbonyl (C=O) groups excluding carboxylic acids is 2. The summed E-state index contributed by atoms with van der Waals surface area (Å²) in [5.41, 5.74) is 2.58. The van der Waals surface area contributed by atoms with E-state index < -0.39 is 17.8 Å². The Balaban J connectivity index is 1.56. The van der Waals surface area contributed by atoms with Gasteiger partial charge in [-0.05, 0) is 37.3 Å². The molecule has 0 saturated heterocycles. The lowest BCUT2D eigenvalue weighted by atomic mass is 9.94. The zero-order valence-electron chi connectivity index (χ0n) is 18.8. The quantitative estimate of drug-likeness (QED) is 0.376. The molecule has 7 nitrogen and oxygen atoms in total. The van der Waals surface area contributed by atoms with Gasteiger partial charge in [0.15, 0.2) is 0 Å². The molecule has 1 aliphatic heterocycles. The molecular formula is C27H22FN5O2. The lowest BCUT2D eigenvalue weighted by molar-refractivity contribution is -0.113. The van der Waals surface area contributed by atoms with Crippen LogP contribution in [-0.2, 0) is 4.79 Å². The maximum atomic E-state index is 15.0. The van der Waals surface area contributed by atoms with E-state index in [-0.39, 0.29) is 17.0 Å². The van der Waals surface area contributed by atoms with Gasteiger partial charge in [0.2, 0.25) is 0 Å². The number of amides is 2. The largest absolute Gasteiger partial charge is 0.343 e. The van der Waals surface area contributed by atoms with E-state index in [0.717, 1.165) is 0 Å². The van der Waals surface area contributed by atoms with Crippen molar-refractivity contribution in [3.8, 4) is 0 Å². The van der Waals surface area contributed by atoms with Crippen LogP contribution in [0.15, 0.2) is 102 Å². The lowest BCUT2D eigenvalue weighted by Gasteiger charge is -2.30. The normalized spacial score (nSPS) is 14.6. The van der Waals surface area contributed by atoms with Crippen molar-refractivity contribution >= 4 is 29.0 Å². The van der Waals surface area contributed by atoms with Crippen LogP contribution in [0.3, 0.4) is 0 Å². The summed E-state index contributed by atoms with van der Waals surface area (Å²) in [5.74, 6) is -0.873. The van der Waals surface area contributed by atoms with Crippen molar-refractivity contribution in [3.05, 3.63) is 119 Å². The highest BCUT2D eigenvalue weighted by Crippen LogP contribution is 2.38. The number of rotatable bonds is 5. The molecule has 0 saturated carbocycles. The first-order valence-electron chi connectivity index (χ1n) is 11.1. The van der Waals surface area contributed by atoms with Gasteiger partial charge < -0.3 is 16.0 Å². The van der Waals surface area contributed by atoms with Crippen LogP contribution in [0.1, 0.15) is 28.9 Å². The van der Waals surface area contributed by atoms with Gasteiger partial charge in [0.1, 0.15) is 23.2 Å². The highest BCUT2D eigenvalue weighted by molar-refractivity contribution is 6.09. The predicted octanol–water partition coefficient (Wildman–Crippen LogP) is 5.20. The molecule has 1 unspecified atom stereocenters. The Morgan fingerprint density at radius 1 is 0.857 bits per heavy atom. The smallest absolute Gasteiger partial charge is 0.261 e. The van der Waals surface area contributed by atoms with E-state index in [2.05, 4.69) is 21.0 Å². The van der Waals surface area contributed by atoms with E-state index >= 15 is 4.39 Å². The Hall–Kier alpha value is -4.72. The molecule has 2 heterocycles. The Morgan fingerprint density at radius 3 is 2.06 bits per heavy atom. The molecule has 0 spiro atoms. The molecule has 0 fully saturated rings. The molecule has 1 aliphatic rings. The van der Waals surface area contributed by atoms with Gasteiger partial charge in [-0.15, -0.1) is 0 Å². The van der Waals surface area contributed by atoms with E-state index in [4.69, 9.17) is 0 Å². The van der Waals surface area contributed by atoms with Crippen molar-refractivity contribution in [2.24, 2.45) is 0 Å².